The standard InChI is InChI=1S/C17H31N3O2/c21-16(7-6-14-8-11-18-12-9-14)19-13-10-17(22)20-15-4-2-1-3-5-15/h14-15,18H,1-13H2,(H,19,21)(H,20,22). The van der Waals surface area contributed by atoms with Crippen molar-refractivity contribution in [1.82, 2.24) is 16.0 Å². The van der Waals surface area contributed by atoms with Gasteiger partial charge in [-0.1, -0.05) is 19.3 Å². The van der Waals surface area contributed by atoms with Gasteiger partial charge in [-0.3, -0.25) is 9.59 Å². The number of hydrogen-bond acceptors (Lipinski definition) is 3. The number of amides is 2. The summed E-state index contributed by atoms with van der Waals surface area (Å²) in [6.07, 6.45) is 10.3. The largest absolute Gasteiger partial charge is 0.356 e. The first-order valence-corrected chi connectivity index (χ1v) is 9.01. The van der Waals surface area contributed by atoms with Gasteiger partial charge < -0.3 is 16.0 Å². The summed E-state index contributed by atoms with van der Waals surface area (Å²) in [6, 6.07) is 0.358. The van der Waals surface area contributed by atoms with E-state index in [1.54, 1.807) is 0 Å². The van der Waals surface area contributed by atoms with Gasteiger partial charge in [-0.05, 0) is 51.1 Å². The molecule has 126 valence electrons. The van der Waals surface area contributed by atoms with Crippen LogP contribution >= 0.6 is 0 Å². The Morgan fingerprint density at radius 2 is 1.64 bits per heavy atom. The third-order valence-electron chi connectivity index (χ3n) is 4.88. The van der Waals surface area contributed by atoms with Crippen molar-refractivity contribution in [2.75, 3.05) is 19.6 Å². The topological polar surface area (TPSA) is 70.2 Å². The van der Waals surface area contributed by atoms with Gasteiger partial charge in [-0.25, -0.2) is 0 Å². The first-order valence-electron chi connectivity index (χ1n) is 9.01. The number of rotatable bonds is 7. The van der Waals surface area contributed by atoms with Crippen LogP contribution in [-0.2, 0) is 9.59 Å². The van der Waals surface area contributed by atoms with Crippen molar-refractivity contribution in [3.05, 3.63) is 0 Å². The molecule has 3 N–H and O–H groups in total. The molecule has 2 amide bonds. The predicted octanol–water partition coefficient (Wildman–Crippen LogP) is 1.72. The summed E-state index contributed by atoms with van der Waals surface area (Å²) in [4.78, 5) is 23.6. The number of piperidine rings is 1. The molecule has 5 heteroatoms. The normalized spacial score (nSPS) is 20.5. The fraction of sp³-hybridized carbons (Fsp3) is 0.882. The lowest BCUT2D eigenvalue weighted by molar-refractivity contribution is -0.123. The van der Waals surface area contributed by atoms with Gasteiger partial charge in [0.2, 0.25) is 11.8 Å². The highest BCUT2D eigenvalue weighted by molar-refractivity contribution is 5.79. The minimum absolute atomic E-state index is 0.0746. The van der Waals surface area contributed by atoms with E-state index in [-0.39, 0.29) is 11.8 Å². The average molecular weight is 309 g/mol. The maximum Gasteiger partial charge on any atom is 0.221 e. The zero-order valence-corrected chi connectivity index (χ0v) is 13.7. The molecule has 1 aliphatic carbocycles. The van der Waals surface area contributed by atoms with Crippen LogP contribution < -0.4 is 16.0 Å². The van der Waals surface area contributed by atoms with Gasteiger partial charge in [0.1, 0.15) is 0 Å². The Morgan fingerprint density at radius 3 is 2.36 bits per heavy atom. The Kier molecular flexibility index (Phi) is 7.71. The van der Waals surface area contributed by atoms with E-state index in [4.69, 9.17) is 0 Å². The van der Waals surface area contributed by atoms with E-state index in [1.807, 2.05) is 0 Å². The lowest BCUT2D eigenvalue weighted by atomic mass is 9.93. The summed E-state index contributed by atoms with van der Waals surface area (Å²) >= 11 is 0. The van der Waals surface area contributed by atoms with Crippen molar-refractivity contribution in [3.63, 3.8) is 0 Å². The first-order chi connectivity index (χ1) is 10.7. The molecule has 5 nitrogen and oxygen atoms in total. The molecule has 0 spiro atoms. The van der Waals surface area contributed by atoms with Gasteiger partial charge in [-0.2, -0.15) is 0 Å². The molecule has 0 atom stereocenters. The second-order valence-corrected chi connectivity index (χ2v) is 6.73. The highest BCUT2D eigenvalue weighted by Crippen LogP contribution is 2.18. The summed E-state index contributed by atoms with van der Waals surface area (Å²) in [6.45, 7) is 2.62. The average Bonchev–Trinajstić information content (AvgIpc) is 2.55. The van der Waals surface area contributed by atoms with Crippen molar-refractivity contribution in [2.24, 2.45) is 5.92 Å². The number of carbonyl (C=O) groups is 2. The predicted molar refractivity (Wildman–Crippen MR) is 87.5 cm³/mol. The van der Waals surface area contributed by atoms with E-state index >= 15 is 0 Å². The summed E-state index contributed by atoms with van der Waals surface area (Å²) < 4.78 is 0. The van der Waals surface area contributed by atoms with Crippen LogP contribution in [0, 0.1) is 5.92 Å². The molecule has 22 heavy (non-hydrogen) atoms. The van der Waals surface area contributed by atoms with Crippen molar-refractivity contribution < 1.29 is 9.59 Å². The molecule has 0 aromatic carbocycles. The molecule has 1 aliphatic heterocycles. The molecule has 1 saturated heterocycles. The third-order valence-corrected chi connectivity index (χ3v) is 4.88. The van der Waals surface area contributed by atoms with Crippen molar-refractivity contribution >= 4 is 11.8 Å². The van der Waals surface area contributed by atoms with Gasteiger partial charge in [-0.15, -0.1) is 0 Å². The number of nitrogens with one attached hydrogen (secondary N) is 3. The number of hydrogen-bond donors (Lipinski definition) is 3. The van der Waals surface area contributed by atoms with Gasteiger partial charge in [0.25, 0.3) is 0 Å². The van der Waals surface area contributed by atoms with E-state index in [9.17, 15) is 9.59 Å². The molecule has 2 fully saturated rings. The second-order valence-electron chi connectivity index (χ2n) is 6.73. The Hall–Kier alpha value is -1.10. The number of carbonyl (C=O) groups excluding carboxylic acids is 2. The van der Waals surface area contributed by atoms with E-state index < -0.39 is 0 Å². The molecular weight excluding hydrogens is 278 g/mol. The molecule has 0 aromatic rings. The van der Waals surface area contributed by atoms with Crippen LogP contribution in [0.4, 0.5) is 0 Å². The van der Waals surface area contributed by atoms with Crippen molar-refractivity contribution in [1.29, 1.82) is 0 Å². The fourth-order valence-electron chi connectivity index (χ4n) is 3.46. The van der Waals surface area contributed by atoms with Crippen LogP contribution in [0.1, 0.15) is 64.2 Å². The minimum Gasteiger partial charge on any atom is -0.356 e. The Balaban J connectivity index is 1.49. The lowest BCUT2D eigenvalue weighted by Crippen LogP contribution is -2.38. The van der Waals surface area contributed by atoms with Crippen LogP contribution in [0.2, 0.25) is 0 Å². The zero-order valence-electron chi connectivity index (χ0n) is 13.7. The maximum atomic E-state index is 11.8. The zero-order chi connectivity index (χ0) is 15.6. The highest BCUT2D eigenvalue weighted by Gasteiger charge is 2.16. The Bertz CT molecular complexity index is 348. The summed E-state index contributed by atoms with van der Waals surface area (Å²) in [5.74, 6) is 0.844. The van der Waals surface area contributed by atoms with Crippen LogP contribution in [0.25, 0.3) is 0 Å². The minimum atomic E-state index is 0.0746. The molecule has 0 aromatic heterocycles. The van der Waals surface area contributed by atoms with E-state index in [0.717, 1.165) is 32.4 Å². The third kappa shape index (κ3) is 6.77. The van der Waals surface area contributed by atoms with Crippen molar-refractivity contribution in [3.8, 4) is 0 Å². The maximum absolute atomic E-state index is 11.8. The molecule has 2 rings (SSSR count). The second kappa shape index (κ2) is 9.82. The SMILES string of the molecule is O=C(CCC1CCNCC1)NCCC(=O)NC1CCCCC1. The molecule has 0 unspecified atom stereocenters. The monoisotopic (exact) mass is 309 g/mol. The molecular formula is C17H31N3O2. The van der Waals surface area contributed by atoms with Crippen LogP contribution in [0.5, 0.6) is 0 Å². The van der Waals surface area contributed by atoms with Crippen LogP contribution in [-0.4, -0.2) is 37.5 Å². The molecule has 1 saturated carbocycles. The molecule has 1 heterocycles. The Labute approximate surface area is 134 Å². The molecule has 2 aliphatic rings. The van der Waals surface area contributed by atoms with E-state index in [2.05, 4.69) is 16.0 Å². The van der Waals surface area contributed by atoms with E-state index in [0.29, 0.717) is 31.3 Å². The van der Waals surface area contributed by atoms with Crippen LogP contribution in [0.3, 0.4) is 0 Å². The Morgan fingerprint density at radius 1 is 0.909 bits per heavy atom. The van der Waals surface area contributed by atoms with Gasteiger partial charge in [0.05, 0.1) is 0 Å². The summed E-state index contributed by atoms with van der Waals surface area (Å²) in [5.41, 5.74) is 0. The van der Waals surface area contributed by atoms with Crippen molar-refractivity contribution in [2.45, 2.75) is 70.3 Å². The summed E-state index contributed by atoms with van der Waals surface area (Å²) in [5, 5.41) is 9.29. The van der Waals surface area contributed by atoms with Gasteiger partial charge >= 0.3 is 0 Å². The van der Waals surface area contributed by atoms with E-state index in [1.165, 1.54) is 32.1 Å². The quantitative estimate of drug-likeness (QED) is 0.670. The van der Waals surface area contributed by atoms with Gasteiger partial charge in [0.15, 0.2) is 0 Å². The fourth-order valence-corrected chi connectivity index (χ4v) is 3.46. The molecule has 0 bridgehead atoms. The smallest absolute Gasteiger partial charge is 0.221 e. The first kappa shape index (κ1) is 17.3. The lowest BCUT2D eigenvalue weighted by Gasteiger charge is -2.23. The van der Waals surface area contributed by atoms with Crippen LogP contribution in [0.15, 0.2) is 0 Å². The molecule has 0 radical (unpaired) electrons. The summed E-state index contributed by atoms with van der Waals surface area (Å²) in [7, 11) is 0. The highest BCUT2D eigenvalue weighted by atomic mass is 16.2. The van der Waals surface area contributed by atoms with Gasteiger partial charge in [0, 0.05) is 25.4 Å².